The van der Waals surface area contributed by atoms with E-state index in [0.29, 0.717) is 0 Å². The molecule has 164 valence electrons. The number of carbonyl (C=O) groups is 1. The molecule has 2 aromatic rings. The number of rotatable bonds is 4. The van der Waals surface area contributed by atoms with Crippen LogP contribution in [0.2, 0.25) is 0 Å². The molecule has 3 heterocycles. The molecule has 3 aliphatic heterocycles. The normalized spacial score (nSPS) is 20.6. The van der Waals surface area contributed by atoms with Crippen LogP contribution in [-0.4, -0.2) is 55.6 Å². The Morgan fingerprint density at radius 1 is 1.03 bits per heavy atom. The summed E-state index contributed by atoms with van der Waals surface area (Å²) >= 11 is 0. The van der Waals surface area contributed by atoms with E-state index >= 15 is 0 Å². The zero-order valence-electron chi connectivity index (χ0n) is 18.4. The first-order valence-electron chi connectivity index (χ1n) is 11.6. The molecule has 31 heavy (non-hydrogen) atoms. The molecule has 0 aliphatic carbocycles. The van der Waals surface area contributed by atoms with Gasteiger partial charge >= 0.3 is 0 Å². The second kappa shape index (κ2) is 8.64. The van der Waals surface area contributed by atoms with Crippen LogP contribution in [0.1, 0.15) is 52.7 Å². The van der Waals surface area contributed by atoms with Crippen molar-refractivity contribution in [3.05, 3.63) is 64.7 Å². The van der Waals surface area contributed by atoms with Crippen LogP contribution in [0.3, 0.4) is 0 Å². The van der Waals surface area contributed by atoms with Gasteiger partial charge in [-0.15, -0.1) is 0 Å². The molecule has 0 aromatic heterocycles. The first-order chi connectivity index (χ1) is 15.2. The maximum atomic E-state index is 13.1. The van der Waals surface area contributed by atoms with Gasteiger partial charge in [0.25, 0.3) is 5.91 Å². The number of nitrogens with zero attached hydrogens (tertiary/aromatic N) is 2. The van der Waals surface area contributed by atoms with Gasteiger partial charge < -0.3 is 14.4 Å². The number of amides is 1. The van der Waals surface area contributed by atoms with Crippen molar-refractivity contribution in [2.45, 2.75) is 44.2 Å². The Bertz CT molecular complexity index is 926. The van der Waals surface area contributed by atoms with Crippen molar-refractivity contribution in [2.75, 3.05) is 39.9 Å². The quantitative estimate of drug-likeness (QED) is 0.750. The van der Waals surface area contributed by atoms with E-state index in [4.69, 9.17) is 9.47 Å². The summed E-state index contributed by atoms with van der Waals surface area (Å²) in [6, 6.07) is 14.5. The van der Waals surface area contributed by atoms with Gasteiger partial charge in [0.15, 0.2) is 0 Å². The van der Waals surface area contributed by atoms with E-state index in [1.54, 1.807) is 7.11 Å². The van der Waals surface area contributed by atoms with Crippen LogP contribution in [0, 0.1) is 0 Å². The Balaban J connectivity index is 1.24. The molecule has 2 saturated heterocycles. The first kappa shape index (κ1) is 20.5. The predicted octanol–water partition coefficient (Wildman–Crippen LogP) is 4.00. The Morgan fingerprint density at radius 3 is 2.48 bits per heavy atom. The van der Waals surface area contributed by atoms with Crippen LogP contribution in [0.15, 0.2) is 42.5 Å². The largest absolute Gasteiger partial charge is 0.497 e. The zero-order valence-corrected chi connectivity index (χ0v) is 18.4. The van der Waals surface area contributed by atoms with Crippen molar-refractivity contribution in [1.29, 1.82) is 0 Å². The van der Waals surface area contributed by atoms with Crippen molar-refractivity contribution < 1.29 is 14.3 Å². The molecule has 0 saturated carbocycles. The number of methoxy groups -OCH3 is 1. The third-order valence-corrected chi connectivity index (χ3v) is 7.22. The molecule has 1 spiro atoms. The van der Waals surface area contributed by atoms with Crippen molar-refractivity contribution in [3.8, 4) is 5.75 Å². The van der Waals surface area contributed by atoms with Gasteiger partial charge in [0.1, 0.15) is 5.75 Å². The van der Waals surface area contributed by atoms with Crippen LogP contribution in [0.25, 0.3) is 0 Å². The molecule has 1 amide bonds. The monoisotopic (exact) mass is 420 g/mol. The molecule has 0 radical (unpaired) electrons. The van der Waals surface area contributed by atoms with E-state index in [1.807, 2.05) is 23.1 Å². The van der Waals surface area contributed by atoms with E-state index in [1.165, 1.54) is 42.6 Å². The second-order valence-corrected chi connectivity index (χ2v) is 9.09. The molecule has 2 aromatic carbocycles. The summed E-state index contributed by atoms with van der Waals surface area (Å²) in [7, 11) is 1.71. The number of fused-ring (bicyclic) bond motifs is 2. The number of likely N-dealkylation sites (tertiary alicyclic amines) is 2. The smallest absolute Gasteiger partial charge is 0.253 e. The molecule has 0 unspecified atom stereocenters. The summed E-state index contributed by atoms with van der Waals surface area (Å²) in [5.41, 5.74) is 4.40. The molecule has 0 atom stereocenters. The minimum atomic E-state index is -0.268. The van der Waals surface area contributed by atoms with E-state index < -0.39 is 0 Å². The van der Waals surface area contributed by atoms with Crippen LogP contribution < -0.4 is 4.74 Å². The van der Waals surface area contributed by atoms with Crippen LogP contribution in [0.5, 0.6) is 5.75 Å². The molecular formula is C26H32N2O3. The molecule has 5 rings (SSSR count). The first-order valence-corrected chi connectivity index (χ1v) is 11.6. The average molecular weight is 421 g/mol. The minimum absolute atomic E-state index is 0.133. The molecule has 5 nitrogen and oxygen atoms in total. The standard InChI is InChI=1S/C26H32N2O3/c1-30-23-8-9-24-22(18-23)10-17-31-26(24)11-15-28(16-12-26)25(29)21-6-4-20(5-7-21)19-27-13-2-3-14-27/h4-9,18H,2-3,10-17,19H2,1H3. The Hall–Kier alpha value is -2.37. The third kappa shape index (κ3) is 4.09. The lowest BCUT2D eigenvalue weighted by Crippen LogP contribution is -2.48. The lowest BCUT2D eigenvalue weighted by Gasteiger charge is -2.45. The third-order valence-electron chi connectivity index (χ3n) is 7.22. The fraction of sp³-hybridized carbons (Fsp3) is 0.500. The highest BCUT2D eigenvalue weighted by molar-refractivity contribution is 5.94. The maximum absolute atomic E-state index is 13.1. The number of piperidine rings is 1. The van der Waals surface area contributed by atoms with Crippen LogP contribution in [0.4, 0.5) is 0 Å². The van der Waals surface area contributed by atoms with Gasteiger partial charge in [-0.25, -0.2) is 0 Å². The lowest BCUT2D eigenvalue weighted by atomic mass is 9.79. The van der Waals surface area contributed by atoms with Gasteiger partial charge in [0.2, 0.25) is 0 Å². The van der Waals surface area contributed by atoms with Crippen molar-refractivity contribution in [3.63, 3.8) is 0 Å². The zero-order chi connectivity index (χ0) is 21.3. The van der Waals surface area contributed by atoms with E-state index in [-0.39, 0.29) is 11.5 Å². The summed E-state index contributed by atoms with van der Waals surface area (Å²) < 4.78 is 11.7. The van der Waals surface area contributed by atoms with Crippen LogP contribution in [-0.2, 0) is 23.3 Å². The summed E-state index contributed by atoms with van der Waals surface area (Å²) in [6.07, 6.45) is 5.19. The van der Waals surface area contributed by atoms with Gasteiger partial charge in [-0.3, -0.25) is 9.69 Å². The molecular weight excluding hydrogens is 388 g/mol. The van der Waals surface area contributed by atoms with E-state index in [2.05, 4.69) is 29.2 Å². The predicted molar refractivity (Wildman–Crippen MR) is 120 cm³/mol. The number of ether oxygens (including phenoxy) is 2. The molecule has 0 bridgehead atoms. The highest BCUT2D eigenvalue weighted by atomic mass is 16.5. The summed E-state index contributed by atoms with van der Waals surface area (Å²) in [6.45, 7) is 5.54. The van der Waals surface area contributed by atoms with Gasteiger partial charge in [-0.2, -0.15) is 0 Å². The number of benzene rings is 2. The van der Waals surface area contributed by atoms with Gasteiger partial charge in [-0.05, 0) is 86.1 Å². The number of hydrogen-bond acceptors (Lipinski definition) is 4. The van der Waals surface area contributed by atoms with Gasteiger partial charge in [0.05, 0.1) is 19.3 Å². The highest BCUT2D eigenvalue weighted by Crippen LogP contribution is 2.42. The van der Waals surface area contributed by atoms with E-state index in [0.717, 1.165) is 56.8 Å². The van der Waals surface area contributed by atoms with Crippen molar-refractivity contribution in [2.24, 2.45) is 0 Å². The Kier molecular flexibility index (Phi) is 5.72. The summed E-state index contributed by atoms with van der Waals surface area (Å²) in [5, 5.41) is 0. The maximum Gasteiger partial charge on any atom is 0.253 e. The molecule has 5 heteroatoms. The highest BCUT2D eigenvalue weighted by Gasteiger charge is 2.41. The fourth-order valence-electron chi connectivity index (χ4n) is 5.40. The number of carbonyl (C=O) groups excluding carboxylic acids is 1. The SMILES string of the molecule is COc1ccc2c(c1)CCOC21CCN(C(=O)c2ccc(CN3CCCC3)cc2)CC1. The Labute approximate surface area is 184 Å². The summed E-state index contributed by atoms with van der Waals surface area (Å²) in [4.78, 5) is 17.6. The number of hydrogen-bond donors (Lipinski definition) is 0. The van der Waals surface area contributed by atoms with Gasteiger partial charge in [0, 0.05) is 25.2 Å². The summed E-state index contributed by atoms with van der Waals surface area (Å²) in [5.74, 6) is 1.03. The average Bonchev–Trinajstić information content (AvgIpc) is 3.33. The topological polar surface area (TPSA) is 42.0 Å². The van der Waals surface area contributed by atoms with Crippen LogP contribution >= 0.6 is 0 Å². The van der Waals surface area contributed by atoms with Crippen molar-refractivity contribution >= 4 is 5.91 Å². The van der Waals surface area contributed by atoms with Crippen molar-refractivity contribution in [1.82, 2.24) is 9.80 Å². The fourth-order valence-corrected chi connectivity index (χ4v) is 5.40. The van der Waals surface area contributed by atoms with Gasteiger partial charge in [-0.1, -0.05) is 18.2 Å². The molecule has 3 aliphatic rings. The molecule has 2 fully saturated rings. The second-order valence-electron chi connectivity index (χ2n) is 9.09. The molecule has 0 N–H and O–H groups in total. The van der Waals surface area contributed by atoms with E-state index in [9.17, 15) is 4.79 Å². The minimum Gasteiger partial charge on any atom is -0.497 e. The lowest BCUT2D eigenvalue weighted by molar-refractivity contribution is -0.0935. The Morgan fingerprint density at radius 2 is 1.77 bits per heavy atom.